The summed E-state index contributed by atoms with van der Waals surface area (Å²) in [4.78, 5) is 4.32. The van der Waals surface area contributed by atoms with Crippen LogP contribution in [0.2, 0.25) is 0 Å². The van der Waals surface area contributed by atoms with Gasteiger partial charge >= 0.3 is 0 Å². The molecule has 0 radical (unpaired) electrons. The number of aromatic nitrogens is 2. The molecule has 0 saturated heterocycles. The Hall–Kier alpha value is -2.04. The quantitative estimate of drug-likeness (QED) is 0.623. The predicted molar refractivity (Wildman–Crippen MR) is 62.2 cm³/mol. The first-order valence-corrected chi connectivity index (χ1v) is 5.64. The van der Waals surface area contributed by atoms with Crippen LogP contribution in [0.4, 0.5) is 5.69 Å². The van der Waals surface area contributed by atoms with Gasteiger partial charge in [0.25, 0.3) is 5.89 Å². The fraction of sp³-hybridized carbons (Fsp3) is 0.333. The van der Waals surface area contributed by atoms with E-state index in [9.17, 15) is 5.11 Å². The molecule has 0 spiro atoms. The minimum Gasteiger partial charge on any atom is -0.506 e. The number of benzene rings is 1. The number of nitrogen functional groups attached to an aromatic ring is 1. The summed E-state index contributed by atoms with van der Waals surface area (Å²) in [6.07, 6.45) is 3.41. The Morgan fingerprint density at radius 3 is 2.94 bits per heavy atom. The molecule has 5 heteroatoms. The van der Waals surface area contributed by atoms with Crippen molar-refractivity contribution in [3.63, 3.8) is 0 Å². The van der Waals surface area contributed by atoms with Gasteiger partial charge in [-0.25, -0.2) is 0 Å². The number of hydrogen-bond donors (Lipinski definition) is 2. The molecule has 0 aliphatic heterocycles. The molecule has 1 heterocycles. The first kappa shape index (κ1) is 10.1. The van der Waals surface area contributed by atoms with E-state index in [1.54, 1.807) is 12.1 Å². The van der Waals surface area contributed by atoms with Crippen molar-refractivity contribution in [3.8, 4) is 17.2 Å². The van der Waals surface area contributed by atoms with Crippen LogP contribution in [0.5, 0.6) is 5.75 Å². The lowest BCUT2D eigenvalue weighted by Crippen LogP contribution is -1.90. The molecule has 0 bridgehead atoms. The summed E-state index contributed by atoms with van der Waals surface area (Å²) in [6.45, 7) is 0. The Balaban J connectivity index is 1.86. The molecule has 0 atom stereocenters. The summed E-state index contributed by atoms with van der Waals surface area (Å²) in [5, 5.41) is 13.3. The van der Waals surface area contributed by atoms with Crippen molar-refractivity contribution in [2.24, 2.45) is 5.92 Å². The van der Waals surface area contributed by atoms with Gasteiger partial charge in [0.1, 0.15) is 5.75 Å². The predicted octanol–water partition coefficient (Wildman–Crippen LogP) is 1.98. The lowest BCUT2D eigenvalue weighted by molar-refractivity contribution is 0.421. The maximum absolute atomic E-state index is 9.33. The minimum absolute atomic E-state index is 0.0615. The van der Waals surface area contributed by atoms with Crippen LogP contribution in [-0.4, -0.2) is 15.2 Å². The summed E-state index contributed by atoms with van der Waals surface area (Å²) in [5.41, 5.74) is 6.66. The molecule has 1 aromatic carbocycles. The third-order valence-corrected chi connectivity index (χ3v) is 2.91. The van der Waals surface area contributed by atoms with Crippen LogP contribution >= 0.6 is 0 Å². The van der Waals surface area contributed by atoms with Gasteiger partial charge in [0.2, 0.25) is 0 Å². The number of nitrogens with zero attached hydrogens (tertiary/aromatic N) is 2. The van der Waals surface area contributed by atoms with E-state index in [1.807, 2.05) is 0 Å². The standard InChI is InChI=1S/C12H13N3O2/c13-9-6-8(3-4-10(9)16)12-14-11(15-17-12)5-7-1-2-7/h3-4,6-7,16H,1-2,5,13H2. The van der Waals surface area contributed by atoms with Gasteiger partial charge in [-0.1, -0.05) is 5.16 Å². The summed E-state index contributed by atoms with van der Waals surface area (Å²) in [5.74, 6) is 1.98. The second-order valence-electron chi connectivity index (χ2n) is 4.44. The molecule has 17 heavy (non-hydrogen) atoms. The number of hydrogen-bond acceptors (Lipinski definition) is 5. The van der Waals surface area contributed by atoms with E-state index in [2.05, 4.69) is 10.1 Å². The molecular weight excluding hydrogens is 218 g/mol. The van der Waals surface area contributed by atoms with Gasteiger partial charge in [-0.2, -0.15) is 4.98 Å². The summed E-state index contributed by atoms with van der Waals surface area (Å²) < 4.78 is 5.18. The Morgan fingerprint density at radius 2 is 2.24 bits per heavy atom. The van der Waals surface area contributed by atoms with E-state index < -0.39 is 0 Å². The summed E-state index contributed by atoms with van der Waals surface area (Å²) >= 11 is 0. The number of aromatic hydroxyl groups is 1. The lowest BCUT2D eigenvalue weighted by atomic mass is 10.2. The molecule has 1 aliphatic rings. The van der Waals surface area contributed by atoms with Crippen LogP contribution in [0, 0.1) is 5.92 Å². The third kappa shape index (κ3) is 2.08. The smallest absolute Gasteiger partial charge is 0.257 e. The molecule has 88 valence electrons. The van der Waals surface area contributed by atoms with Crippen molar-refractivity contribution in [3.05, 3.63) is 24.0 Å². The van der Waals surface area contributed by atoms with E-state index in [4.69, 9.17) is 10.3 Å². The van der Waals surface area contributed by atoms with Gasteiger partial charge < -0.3 is 15.4 Å². The highest BCUT2D eigenvalue weighted by Gasteiger charge is 2.24. The van der Waals surface area contributed by atoms with Crippen LogP contribution in [0.15, 0.2) is 22.7 Å². The van der Waals surface area contributed by atoms with Crippen molar-refractivity contribution in [2.45, 2.75) is 19.3 Å². The largest absolute Gasteiger partial charge is 0.506 e. The highest BCUT2D eigenvalue weighted by molar-refractivity contribution is 5.64. The zero-order valence-electron chi connectivity index (χ0n) is 9.26. The fourth-order valence-corrected chi connectivity index (χ4v) is 1.72. The lowest BCUT2D eigenvalue weighted by Gasteiger charge is -1.99. The van der Waals surface area contributed by atoms with Crippen LogP contribution < -0.4 is 5.73 Å². The molecule has 5 nitrogen and oxygen atoms in total. The second kappa shape index (κ2) is 3.76. The van der Waals surface area contributed by atoms with Crippen LogP contribution in [0.1, 0.15) is 18.7 Å². The number of phenolic OH excluding ortho intramolecular Hbond substituents is 1. The van der Waals surface area contributed by atoms with Gasteiger partial charge in [-0.15, -0.1) is 0 Å². The van der Waals surface area contributed by atoms with E-state index in [-0.39, 0.29) is 5.75 Å². The molecule has 1 aromatic heterocycles. The minimum atomic E-state index is 0.0615. The molecule has 0 unspecified atom stereocenters. The molecule has 3 rings (SSSR count). The van der Waals surface area contributed by atoms with E-state index in [0.29, 0.717) is 11.6 Å². The highest BCUT2D eigenvalue weighted by atomic mass is 16.5. The molecular formula is C12H13N3O2. The molecule has 3 N–H and O–H groups in total. The van der Waals surface area contributed by atoms with Crippen molar-refractivity contribution < 1.29 is 9.63 Å². The molecule has 1 fully saturated rings. The fourth-order valence-electron chi connectivity index (χ4n) is 1.72. The number of anilines is 1. The summed E-state index contributed by atoms with van der Waals surface area (Å²) in [6, 6.07) is 4.86. The van der Waals surface area contributed by atoms with Crippen molar-refractivity contribution in [2.75, 3.05) is 5.73 Å². The topological polar surface area (TPSA) is 85.2 Å². The van der Waals surface area contributed by atoms with Gasteiger partial charge in [0.05, 0.1) is 5.69 Å². The third-order valence-electron chi connectivity index (χ3n) is 2.91. The summed E-state index contributed by atoms with van der Waals surface area (Å²) in [7, 11) is 0. The van der Waals surface area contributed by atoms with Crippen LogP contribution in [0.3, 0.4) is 0 Å². The van der Waals surface area contributed by atoms with Crippen LogP contribution in [0.25, 0.3) is 11.5 Å². The SMILES string of the molecule is Nc1cc(-c2nc(CC3CC3)no2)ccc1O. The van der Waals surface area contributed by atoms with Crippen molar-refractivity contribution in [1.29, 1.82) is 0 Å². The Bertz CT molecular complexity index is 546. The van der Waals surface area contributed by atoms with E-state index in [0.717, 1.165) is 23.7 Å². The molecule has 0 amide bonds. The Morgan fingerprint density at radius 1 is 1.41 bits per heavy atom. The number of phenols is 1. The monoisotopic (exact) mass is 231 g/mol. The van der Waals surface area contributed by atoms with Gasteiger partial charge in [0, 0.05) is 12.0 Å². The van der Waals surface area contributed by atoms with Crippen molar-refractivity contribution in [1.82, 2.24) is 10.1 Å². The number of nitrogens with two attached hydrogens (primary N) is 1. The maximum Gasteiger partial charge on any atom is 0.257 e. The Kier molecular flexibility index (Phi) is 2.24. The average Bonchev–Trinajstić information content (AvgIpc) is 2.99. The number of rotatable bonds is 3. The molecule has 1 aliphatic carbocycles. The normalized spacial score (nSPS) is 15.1. The first-order chi connectivity index (χ1) is 8.22. The highest BCUT2D eigenvalue weighted by Crippen LogP contribution is 2.32. The van der Waals surface area contributed by atoms with Gasteiger partial charge in [-0.05, 0) is 37.0 Å². The van der Waals surface area contributed by atoms with E-state index >= 15 is 0 Å². The first-order valence-electron chi connectivity index (χ1n) is 5.64. The zero-order valence-corrected chi connectivity index (χ0v) is 9.26. The van der Waals surface area contributed by atoms with Gasteiger partial charge in [0.15, 0.2) is 5.82 Å². The van der Waals surface area contributed by atoms with E-state index in [1.165, 1.54) is 18.9 Å². The molecule has 1 saturated carbocycles. The zero-order chi connectivity index (χ0) is 11.8. The van der Waals surface area contributed by atoms with Crippen LogP contribution in [-0.2, 0) is 6.42 Å². The second-order valence-corrected chi connectivity index (χ2v) is 4.44. The Labute approximate surface area is 98.3 Å². The average molecular weight is 231 g/mol. The van der Waals surface area contributed by atoms with Crippen molar-refractivity contribution >= 4 is 5.69 Å². The molecule has 2 aromatic rings. The van der Waals surface area contributed by atoms with Gasteiger partial charge in [-0.3, -0.25) is 0 Å². The maximum atomic E-state index is 9.33.